The smallest absolute Gasteiger partial charge is 0.309 e. The van der Waals surface area contributed by atoms with Gasteiger partial charge < -0.3 is 14.9 Å². The number of carboxylic acids is 1. The molecule has 0 aliphatic carbocycles. The number of halogens is 2. The SMILES string of the molecule is C[C@@H]1Cc2cc(F)c(Cl)cc2C(O)(CC(=O)O)O1. The van der Waals surface area contributed by atoms with Gasteiger partial charge in [0.05, 0.1) is 11.1 Å². The molecule has 0 saturated carbocycles. The van der Waals surface area contributed by atoms with E-state index >= 15 is 0 Å². The number of carbonyl (C=O) groups is 1. The van der Waals surface area contributed by atoms with Crippen molar-refractivity contribution in [1.82, 2.24) is 0 Å². The fourth-order valence-electron chi connectivity index (χ4n) is 2.21. The van der Waals surface area contributed by atoms with E-state index in [1.165, 1.54) is 12.1 Å². The standard InChI is InChI=1S/C12H12ClFO4/c1-6-2-7-3-10(14)9(13)4-8(7)12(17,18-6)5-11(15)16/h3-4,6,17H,2,5H2,1H3,(H,15,16)/t6-,12?/m1/s1. The summed E-state index contributed by atoms with van der Waals surface area (Å²) in [4.78, 5) is 10.8. The molecule has 1 aromatic carbocycles. The van der Waals surface area contributed by atoms with E-state index in [-0.39, 0.29) is 10.6 Å². The minimum atomic E-state index is -1.96. The van der Waals surface area contributed by atoms with E-state index in [9.17, 15) is 14.3 Å². The summed E-state index contributed by atoms with van der Waals surface area (Å²) in [5.41, 5.74) is 0.730. The third-order valence-electron chi connectivity index (χ3n) is 2.86. The first-order valence-corrected chi connectivity index (χ1v) is 5.80. The van der Waals surface area contributed by atoms with Crippen LogP contribution in [0, 0.1) is 5.82 Å². The predicted octanol–water partition coefficient (Wildman–Crippen LogP) is 2.06. The maximum absolute atomic E-state index is 13.4. The summed E-state index contributed by atoms with van der Waals surface area (Å²) >= 11 is 5.66. The number of carboxylic acid groups (broad SMARTS) is 1. The number of ether oxygens (including phenoxy) is 1. The minimum absolute atomic E-state index is 0.171. The molecule has 0 bridgehead atoms. The van der Waals surface area contributed by atoms with Crippen molar-refractivity contribution in [3.05, 3.63) is 34.1 Å². The Kier molecular flexibility index (Phi) is 3.31. The number of aliphatic carboxylic acids is 1. The van der Waals surface area contributed by atoms with Crippen molar-refractivity contribution in [3.8, 4) is 0 Å². The zero-order valence-corrected chi connectivity index (χ0v) is 10.4. The summed E-state index contributed by atoms with van der Waals surface area (Å²) in [5.74, 6) is -3.77. The second-order valence-electron chi connectivity index (χ2n) is 4.41. The molecule has 18 heavy (non-hydrogen) atoms. The summed E-state index contributed by atoms with van der Waals surface area (Å²) in [6.45, 7) is 1.68. The van der Waals surface area contributed by atoms with Gasteiger partial charge in [-0.1, -0.05) is 11.6 Å². The Morgan fingerprint density at radius 3 is 2.94 bits per heavy atom. The zero-order valence-electron chi connectivity index (χ0n) is 9.61. The molecule has 1 unspecified atom stereocenters. The van der Waals surface area contributed by atoms with Gasteiger partial charge in [-0.25, -0.2) is 4.39 Å². The van der Waals surface area contributed by atoms with E-state index < -0.39 is 30.1 Å². The first kappa shape index (κ1) is 13.3. The number of hydrogen-bond donors (Lipinski definition) is 2. The number of aliphatic hydroxyl groups is 1. The van der Waals surface area contributed by atoms with Gasteiger partial charge in [-0.15, -0.1) is 0 Å². The fourth-order valence-corrected chi connectivity index (χ4v) is 2.37. The maximum atomic E-state index is 13.4. The summed E-state index contributed by atoms with van der Waals surface area (Å²) < 4.78 is 18.7. The van der Waals surface area contributed by atoms with Gasteiger partial charge in [0.25, 0.3) is 0 Å². The molecule has 0 aromatic heterocycles. The number of rotatable bonds is 2. The summed E-state index contributed by atoms with van der Waals surface area (Å²) in [7, 11) is 0. The molecule has 1 heterocycles. The molecule has 0 fully saturated rings. The van der Waals surface area contributed by atoms with Crippen molar-refractivity contribution >= 4 is 17.6 Å². The lowest BCUT2D eigenvalue weighted by molar-refractivity contribution is -0.247. The quantitative estimate of drug-likeness (QED) is 0.866. The van der Waals surface area contributed by atoms with E-state index in [4.69, 9.17) is 21.4 Å². The van der Waals surface area contributed by atoms with E-state index in [1.807, 2.05) is 0 Å². The molecular weight excluding hydrogens is 263 g/mol. The van der Waals surface area contributed by atoms with Gasteiger partial charge in [-0.05, 0) is 31.0 Å². The molecule has 1 aliphatic rings. The molecule has 0 radical (unpaired) electrons. The van der Waals surface area contributed by atoms with Crippen LogP contribution in [0.1, 0.15) is 24.5 Å². The molecule has 0 amide bonds. The summed E-state index contributed by atoms with van der Waals surface area (Å²) in [6.07, 6.45) is -0.625. The average molecular weight is 275 g/mol. The predicted molar refractivity (Wildman–Crippen MR) is 61.8 cm³/mol. The van der Waals surface area contributed by atoms with E-state index in [1.54, 1.807) is 6.92 Å². The molecule has 4 nitrogen and oxygen atoms in total. The molecule has 2 rings (SSSR count). The normalized spacial score (nSPS) is 26.8. The van der Waals surface area contributed by atoms with Crippen LogP contribution in [0.3, 0.4) is 0 Å². The summed E-state index contributed by atoms with van der Waals surface area (Å²) in [5, 5.41) is 18.9. The van der Waals surface area contributed by atoms with Gasteiger partial charge >= 0.3 is 5.97 Å². The highest BCUT2D eigenvalue weighted by atomic mass is 35.5. The van der Waals surface area contributed by atoms with Gasteiger partial charge in [0.15, 0.2) is 0 Å². The van der Waals surface area contributed by atoms with Gasteiger partial charge in [0.2, 0.25) is 5.79 Å². The van der Waals surface area contributed by atoms with Crippen molar-refractivity contribution in [2.45, 2.75) is 31.7 Å². The van der Waals surface area contributed by atoms with Gasteiger partial charge in [0.1, 0.15) is 12.2 Å². The third-order valence-corrected chi connectivity index (χ3v) is 3.15. The average Bonchev–Trinajstić information content (AvgIpc) is 2.19. The van der Waals surface area contributed by atoms with Crippen LogP contribution in [-0.2, 0) is 21.7 Å². The molecule has 1 aliphatic heterocycles. The van der Waals surface area contributed by atoms with Crippen LogP contribution in [0.2, 0.25) is 5.02 Å². The molecule has 6 heteroatoms. The van der Waals surface area contributed by atoms with E-state index in [2.05, 4.69) is 0 Å². The zero-order chi connectivity index (χ0) is 13.5. The fraction of sp³-hybridized carbons (Fsp3) is 0.417. The first-order chi connectivity index (χ1) is 8.32. The highest BCUT2D eigenvalue weighted by Crippen LogP contribution is 2.38. The topological polar surface area (TPSA) is 66.8 Å². The lowest BCUT2D eigenvalue weighted by Gasteiger charge is -2.37. The lowest BCUT2D eigenvalue weighted by Crippen LogP contribution is -2.41. The maximum Gasteiger partial charge on any atom is 0.309 e. The van der Waals surface area contributed by atoms with E-state index in [0.29, 0.717) is 12.0 Å². The van der Waals surface area contributed by atoms with Crippen molar-refractivity contribution in [3.63, 3.8) is 0 Å². The Labute approximate surface area is 108 Å². The molecule has 0 spiro atoms. The number of benzene rings is 1. The largest absolute Gasteiger partial charge is 0.481 e. The van der Waals surface area contributed by atoms with Crippen LogP contribution in [0.5, 0.6) is 0 Å². The molecule has 2 N–H and O–H groups in total. The molecule has 98 valence electrons. The number of hydrogen-bond acceptors (Lipinski definition) is 3. The van der Waals surface area contributed by atoms with Crippen LogP contribution < -0.4 is 0 Å². The highest BCUT2D eigenvalue weighted by molar-refractivity contribution is 6.30. The second-order valence-corrected chi connectivity index (χ2v) is 4.82. The molecular formula is C12H12ClFO4. The van der Waals surface area contributed by atoms with Crippen molar-refractivity contribution < 1.29 is 24.1 Å². The second kappa shape index (κ2) is 4.50. The van der Waals surface area contributed by atoms with Crippen LogP contribution in [0.15, 0.2) is 12.1 Å². The van der Waals surface area contributed by atoms with Crippen molar-refractivity contribution in [2.75, 3.05) is 0 Å². The Balaban J connectivity index is 2.53. The molecule has 2 atom stereocenters. The van der Waals surface area contributed by atoms with E-state index in [0.717, 1.165) is 0 Å². The van der Waals surface area contributed by atoms with Crippen LogP contribution in [0.4, 0.5) is 4.39 Å². The molecule has 0 saturated heterocycles. The monoisotopic (exact) mass is 274 g/mol. The third kappa shape index (κ3) is 2.34. The Hall–Kier alpha value is -1.17. The van der Waals surface area contributed by atoms with Gasteiger partial charge in [-0.2, -0.15) is 0 Å². The Morgan fingerprint density at radius 2 is 2.33 bits per heavy atom. The van der Waals surface area contributed by atoms with Crippen molar-refractivity contribution in [1.29, 1.82) is 0 Å². The highest BCUT2D eigenvalue weighted by Gasteiger charge is 2.41. The number of fused-ring (bicyclic) bond motifs is 1. The molecule has 1 aromatic rings. The summed E-state index contributed by atoms with van der Waals surface area (Å²) in [6, 6.07) is 2.44. The minimum Gasteiger partial charge on any atom is -0.481 e. The first-order valence-electron chi connectivity index (χ1n) is 5.42. The Bertz CT molecular complexity index is 505. The van der Waals surface area contributed by atoms with Crippen molar-refractivity contribution in [2.24, 2.45) is 0 Å². The lowest BCUT2D eigenvalue weighted by atomic mass is 9.90. The Morgan fingerprint density at radius 1 is 1.67 bits per heavy atom. The van der Waals surface area contributed by atoms with Crippen LogP contribution >= 0.6 is 11.6 Å². The van der Waals surface area contributed by atoms with Gasteiger partial charge in [-0.3, -0.25) is 4.79 Å². The van der Waals surface area contributed by atoms with Crippen LogP contribution in [0.25, 0.3) is 0 Å². The van der Waals surface area contributed by atoms with Gasteiger partial charge in [0, 0.05) is 5.56 Å². The van der Waals surface area contributed by atoms with Crippen LogP contribution in [-0.4, -0.2) is 22.3 Å².